The summed E-state index contributed by atoms with van der Waals surface area (Å²) >= 11 is 0. The van der Waals surface area contributed by atoms with Crippen molar-refractivity contribution in [3.8, 4) is 0 Å². The Labute approximate surface area is 166 Å². The van der Waals surface area contributed by atoms with E-state index in [1.165, 1.54) is 19.1 Å². The molecule has 2 atom stereocenters. The first-order valence-electron chi connectivity index (χ1n) is 8.91. The number of esters is 1. The quantitative estimate of drug-likeness (QED) is 0.458. The predicted octanol–water partition coefficient (Wildman–Crippen LogP) is 2.41. The van der Waals surface area contributed by atoms with E-state index in [9.17, 15) is 23.6 Å². The SMILES string of the molecule is C[C@H](OC(=O)CN1C(=O)N[C@@](C)(c2ccccc2)C1=O)C(=O)c1ccc(F)cc1. The molecule has 0 aliphatic carbocycles. The number of ether oxygens (including phenoxy) is 1. The monoisotopic (exact) mass is 398 g/mol. The second kappa shape index (κ2) is 7.83. The van der Waals surface area contributed by atoms with Crippen LogP contribution in [-0.2, 0) is 19.9 Å². The Bertz CT molecular complexity index is 961. The van der Waals surface area contributed by atoms with Gasteiger partial charge in [-0.15, -0.1) is 0 Å². The van der Waals surface area contributed by atoms with Crippen LogP contribution in [0.5, 0.6) is 0 Å². The molecule has 0 bridgehead atoms. The number of rotatable bonds is 6. The summed E-state index contributed by atoms with van der Waals surface area (Å²) in [5.41, 5.74) is -0.541. The fraction of sp³-hybridized carbons (Fsp3) is 0.238. The topological polar surface area (TPSA) is 92.8 Å². The number of urea groups is 1. The highest BCUT2D eigenvalue weighted by atomic mass is 19.1. The molecule has 3 rings (SSSR count). The van der Waals surface area contributed by atoms with Crippen LogP contribution in [0.4, 0.5) is 9.18 Å². The molecule has 1 fully saturated rings. The molecule has 7 nitrogen and oxygen atoms in total. The molecular weight excluding hydrogens is 379 g/mol. The van der Waals surface area contributed by atoms with Gasteiger partial charge in [0, 0.05) is 5.56 Å². The maximum absolute atomic E-state index is 13.0. The van der Waals surface area contributed by atoms with E-state index in [1.54, 1.807) is 37.3 Å². The lowest BCUT2D eigenvalue weighted by Crippen LogP contribution is -2.42. The molecular formula is C21H19FN2O5. The fourth-order valence-corrected chi connectivity index (χ4v) is 3.07. The highest BCUT2D eigenvalue weighted by molar-refractivity contribution is 6.09. The van der Waals surface area contributed by atoms with Crippen LogP contribution in [0.2, 0.25) is 0 Å². The molecule has 1 aliphatic heterocycles. The van der Waals surface area contributed by atoms with Gasteiger partial charge in [-0.3, -0.25) is 19.3 Å². The van der Waals surface area contributed by atoms with Crippen LogP contribution in [0.25, 0.3) is 0 Å². The van der Waals surface area contributed by atoms with Crippen LogP contribution in [0, 0.1) is 5.82 Å². The molecule has 29 heavy (non-hydrogen) atoms. The van der Waals surface area contributed by atoms with Crippen LogP contribution in [0.3, 0.4) is 0 Å². The number of hydrogen-bond acceptors (Lipinski definition) is 5. The van der Waals surface area contributed by atoms with Crippen molar-refractivity contribution in [2.24, 2.45) is 0 Å². The van der Waals surface area contributed by atoms with E-state index in [4.69, 9.17) is 4.74 Å². The molecule has 1 heterocycles. The maximum Gasteiger partial charge on any atom is 0.326 e. The fourth-order valence-electron chi connectivity index (χ4n) is 3.07. The Balaban J connectivity index is 1.66. The Morgan fingerprint density at radius 1 is 1.10 bits per heavy atom. The molecule has 0 radical (unpaired) electrons. The van der Waals surface area contributed by atoms with Crippen molar-refractivity contribution in [1.29, 1.82) is 0 Å². The third kappa shape index (κ3) is 4.01. The molecule has 0 saturated carbocycles. The normalized spacial score (nSPS) is 19.6. The summed E-state index contributed by atoms with van der Waals surface area (Å²) in [6, 6.07) is 12.7. The van der Waals surface area contributed by atoms with Crippen LogP contribution in [-0.4, -0.2) is 41.2 Å². The number of nitrogens with zero attached hydrogens (tertiary/aromatic N) is 1. The molecule has 0 aromatic heterocycles. The third-order valence-electron chi connectivity index (χ3n) is 4.72. The van der Waals surface area contributed by atoms with Crippen LogP contribution in [0.1, 0.15) is 29.8 Å². The highest BCUT2D eigenvalue weighted by Crippen LogP contribution is 2.28. The van der Waals surface area contributed by atoms with Gasteiger partial charge < -0.3 is 10.1 Å². The van der Waals surface area contributed by atoms with Gasteiger partial charge in [-0.05, 0) is 43.7 Å². The lowest BCUT2D eigenvalue weighted by molar-refractivity contribution is -0.149. The van der Waals surface area contributed by atoms with Gasteiger partial charge in [0.25, 0.3) is 5.91 Å². The van der Waals surface area contributed by atoms with Crippen molar-refractivity contribution >= 4 is 23.7 Å². The van der Waals surface area contributed by atoms with Crippen molar-refractivity contribution in [3.05, 3.63) is 71.5 Å². The number of imide groups is 1. The number of nitrogens with one attached hydrogen (secondary N) is 1. The Morgan fingerprint density at radius 2 is 1.72 bits per heavy atom. The molecule has 150 valence electrons. The van der Waals surface area contributed by atoms with Gasteiger partial charge in [0.1, 0.15) is 17.9 Å². The minimum Gasteiger partial charge on any atom is -0.453 e. The standard InChI is InChI=1S/C21H19FN2O5/c1-13(18(26)14-8-10-16(22)11-9-14)29-17(25)12-24-19(27)21(2,23-20(24)28)15-6-4-3-5-7-15/h3-11,13H,12H2,1-2H3,(H,23,28)/t13-,21-/m0/s1. The molecule has 1 N–H and O–H groups in total. The van der Waals surface area contributed by atoms with E-state index in [-0.39, 0.29) is 5.56 Å². The summed E-state index contributed by atoms with van der Waals surface area (Å²) in [6.07, 6.45) is -1.16. The van der Waals surface area contributed by atoms with E-state index in [1.807, 2.05) is 0 Å². The number of ketones is 1. The van der Waals surface area contributed by atoms with Crippen molar-refractivity contribution < 1.29 is 28.3 Å². The Kier molecular flexibility index (Phi) is 5.45. The van der Waals surface area contributed by atoms with Crippen molar-refractivity contribution in [3.63, 3.8) is 0 Å². The first kappa shape index (κ1) is 20.2. The summed E-state index contributed by atoms with van der Waals surface area (Å²) in [4.78, 5) is 50.3. The molecule has 1 saturated heterocycles. The second-order valence-corrected chi connectivity index (χ2v) is 6.82. The number of hydrogen-bond donors (Lipinski definition) is 1. The number of carbonyl (C=O) groups excluding carboxylic acids is 4. The van der Waals surface area contributed by atoms with Gasteiger partial charge in [-0.25, -0.2) is 9.18 Å². The van der Waals surface area contributed by atoms with Gasteiger partial charge in [0.15, 0.2) is 6.10 Å². The number of halogens is 1. The molecule has 0 spiro atoms. The van der Waals surface area contributed by atoms with Gasteiger partial charge >= 0.3 is 12.0 Å². The summed E-state index contributed by atoms with van der Waals surface area (Å²) in [5, 5.41) is 2.59. The Hall–Kier alpha value is -3.55. The van der Waals surface area contributed by atoms with Crippen LogP contribution >= 0.6 is 0 Å². The van der Waals surface area contributed by atoms with E-state index >= 15 is 0 Å². The highest BCUT2D eigenvalue weighted by Gasteiger charge is 2.49. The van der Waals surface area contributed by atoms with Gasteiger partial charge in [-0.2, -0.15) is 0 Å². The van der Waals surface area contributed by atoms with E-state index < -0.39 is 47.7 Å². The second-order valence-electron chi connectivity index (χ2n) is 6.82. The molecule has 3 amide bonds. The first-order valence-corrected chi connectivity index (χ1v) is 8.91. The van der Waals surface area contributed by atoms with Crippen molar-refractivity contribution in [2.75, 3.05) is 6.54 Å². The van der Waals surface area contributed by atoms with Gasteiger partial charge in [0.05, 0.1) is 0 Å². The third-order valence-corrected chi connectivity index (χ3v) is 4.72. The van der Waals surface area contributed by atoms with Gasteiger partial charge in [-0.1, -0.05) is 30.3 Å². The van der Waals surface area contributed by atoms with Gasteiger partial charge in [0.2, 0.25) is 5.78 Å². The lowest BCUT2D eigenvalue weighted by atomic mass is 9.92. The molecule has 2 aromatic carbocycles. The zero-order chi connectivity index (χ0) is 21.2. The van der Waals surface area contributed by atoms with E-state index in [2.05, 4.69) is 5.32 Å². The zero-order valence-electron chi connectivity index (χ0n) is 15.8. The number of amides is 3. The Morgan fingerprint density at radius 3 is 2.34 bits per heavy atom. The number of benzene rings is 2. The minimum absolute atomic E-state index is 0.179. The zero-order valence-corrected chi connectivity index (χ0v) is 15.8. The number of carbonyl (C=O) groups is 4. The average Bonchev–Trinajstić information content (AvgIpc) is 2.92. The predicted molar refractivity (Wildman–Crippen MR) is 100 cm³/mol. The van der Waals surface area contributed by atoms with E-state index in [0.717, 1.165) is 17.0 Å². The van der Waals surface area contributed by atoms with Crippen LogP contribution < -0.4 is 5.32 Å². The van der Waals surface area contributed by atoms with Crippen molar-refractivity contribution in [2.45, 2.75) is 25.5 Å². The lowest BCUT2D eigenvalue weighted by Gasteiger charge is -2.22. The molecule has 2 aromatic rings. The summed E-state index contributed by atoms with van der Waals surface area (Å²) < 4.78 is 18.0. The van der Waals surface area contributed by atoms with Crippen molar-refractivity contribution in [1.82, 2.24) is 10.2 Å². The first-order chi connectivity index (χ1) is 13.7. The molecule has 0 unspecified atom stereocenters. The summed E-state index contributed by atoms with van der Waals surface area (Å²) in [6.45, 7) is 2.28. The number of Topliss-reactive ketones (excluding diaryl/α,β-unsaturated/α-hetero) is 1. The molecule has 1 aliphatic rings. The minimum atomic E-state index is -1.30. The summed E-state index contributed by atoms with van der Waals surface area (Å²) in [7, 11) is 0. The average molecular weight is 398 g/mol. The van der Waals surface area contributed by atoms with E-state index in [0.29, 0.717) is 5.56 Å². The largest absolute Gasteiger partial charge is 0.453 e. The molecule has 8 heteroatoms. The van der Waals surface area contributed by atoms with Crippen LogP contribution in [0.15, 0.2) is 54.6 Å². The smallest absolute Gasteiger partial charge is 0.326 e. The maximum atomic E-state index is 13.0. The summed E-state index contributed by atoms with van der Waals surface area (Å²) in [5.74, 6) is -2.52.